The van der Waals surface area contributed by atoms with Gasteiger partial charge in [0, 0.05) is 36.7 Å². The van der Waals surface area contributed by atoms with Crippen LogP contribution in [0.3, 0.4) is 0 Å². The molecule has 1 aliphatic heterocycles. The molecule has 2 atom stereocenters. The molecule has 1 saturated heterocycles. The maximum absolute atomic E-state index is 13.4. The number of guanidine groups is 1. The van der Waals surface area contributed by atoms with Gasteiger partial charge in [0.05, 0.1) is 17.6 Å². The summed E-state index contributed by atoms with van der Waals surface area (Å²) >= 11 is -2.61. The molecule has 0 aliphatic carbocycles. The van der Waals surface area contributed by atoms with Crippen molar-refractivity contribution in [2.24, 2.45) is 5.73 Å². The zero-order valence-corrected chi connectivity index (χ0v) is 24.0. The van der Waals surface area contributed by atoms with Crippen LogP contribution < -0.4 is 15.8 Å². The van der Waals surface area contributed by atoms with Crippen molar-refractivity contribution in [3.8, 4) is 0 Å². The molecule has 5 rings (SSSR count). The first kappa shape index (κ1) is 31.1. The molecule has 8 N–H and O–H groups in total. The summed E-state index contributed by atoms with van der Waals surface area (Å²) in [4.78, 5) is 18.3. The van der Waals surface area contributed by atoms with Gasteiger partial charge < -0.3 is 25.7 Å². The average molecular weight is 617 g/mol. The van der Waals surface area contributed by atoms with E-state index in [9.17, 15) is 13.2 Å². The van der Waals surface area contributed by atoms with Crippen LogP contribution in [0.1, 0.15) is 5.56 Å². The monoisotopic (exact) mass is 616 g/mol. The van der Waals surface area contributed by atoms with E-state index in [0.29, 0.717) is 19.7 Å². The van der Waals surface area contributed by atoms with E-state index in [1.165, 1.54) is 6.07 Å². The van der Waals surface area contributed by atoms with Gasteiger partial charge in [-0.15, -0.1) is 0 Å². The summed E-state index contributed by atoms with van der Waals surface area (Å²) in [6, 6.07) is 19.0. The van der Waals surface area contributed by atoms with Crippen LogP contribution in [-0.2, 0) is 37.3 Å². The van der Waals surface area contributed by atoms with Crippen molar-refractivity contribution < 1.29 is 31.3 Å². The number of carbonyl (C=O) groups is 1. The van der Waals surface area contributed by atoms with Crippen molar-refractivity contribution in [1.29, 1.82) is 5.41 Å². The molecule has 42 heavy (non-hydrogen) atoms. The van der Waals surface area contributed by atoms with E-state index < -0.39 is 33.3 Å². The Balaban J connectivity index is 0.000000952. The number of nitrogens with one attached hydrogen (secondary N) is 4. The smallest absolute Gasteiger partial charge is 0.299 e. The molecule has 1 fully saturated rings. The Morgan fingerprint density at radius 3 is 2.57 bits per heavy atom. The van der Waals surface area contributed by atoms with Crippen LogP contribution in [0.5, 0.6) is 0 Å². The lowest BCUT2D eigenvalue weighted by atomic mass is 10.0. The van der Waals surface area contributed by atoms with Gasteiger partial charge in [0.1, 0.15) is 6.04 Å². The number of morpholine rings is 1. The van der Waals surface area contributed by atoms with Gasteiger partial charge in [0.2, 0.25) is 15.9 Å². The molecule has 3 aromatic carbocycles. The second-order valence-corrected chi connectivity index (χ2v) is 11.7. The molecule has 15 heteroatoms. The fraction of sp³-hybridized carbons (Fsp3) is 0.259. The van der Waals surface area contributed by atoms with E-state index in [-0.39, 0.29) is 29.9 Å². The average Bonchev–Trinajstić information content (AvgIpc) is 3.37. The van der Waals surface area contributed by atoms with E-state index in [4.69, 9.17) is 29.2 Å². The Kier molecular flexibility index (Phi) is 10.3. The van der Waals surface area contributed by atoms with Crippen molar-refractivity contribution in [2.45, 2.75) is 23.5 Å². The standard InChI is InChI=1S/C27H30N6O4S.H2O3S/c28-27(29)33-11-12-37-21(17-33)16-31-26(34)25(14-20-15-30-24-8-4-3-7-23(20)24)32-38(35,36)22-10-9-18-5-1-2-6-19(18)13-22;1-4(2)3/h1-10,13,15,21,25,30,32H,11-12,14,16-17H2,(H3,28,29)(H,31,34);(H2,1,2,3)/t21?,25-;/m1./s1. The van der Waals surface area contributed by atoms with Gasteiger partial charge in [-0.3, -0.25) is 19.3 Å². The number of hydrogen-bond donors (Lipinski definition) is 7. The second-order valence-electron chi connectivity index (χ2n) is 9.55. The van der Waals surface area contributed by atoms with E-state index in [1.54, 1.807) is 23.2 Å². The van der Waals surface area contributed by atoms with Crippen LogP contribution in [0, 0.1) is 5.41 Å². The summed E-state index contributed by atoms with van der Waals surface area (Å²) in [5.74, 6) is -0.520. The van der Waals surface area contributed by atoms with Crippen molar-refractivity contribution >= 4 is 54.9 Å². The molecule has 1 aromatic heterocycles. The summed E-state index contributed by atoms with van der Waals surface area (Å²) in [6.45, 7) is 1.41. The number of carbonyl (C=O) groups excluding carboxylic acids is 1. The molecule has 1 amide bonds. The number of para-hydroxylation sites is 1. The van der Waals surface area contributed by atoms with Crippen LogP contribution in [0.15, 0.2) is 77.8 Å². The number of ether oxygens (including phenoxy) is 1. The number of rotatable bonds is 8. The number of aromatic amines is 1. The highest BCUT2D eigenvalue weighted by Gasteiger charge is 2.29. The summed E-state index contributed by atoms with van der Waals surface area (Å²) in [5, 5.41) is 13.1. The summed E-state index contributed by atoms with van der Waals surface area (Å²) < 4.78 is 58.1. The number of aromatic nitrogens is 1. The van der Waals surface area contributed by atoms with Gasteiger partial charge in [-0.05, 0) is 41.0 Å². The Bertz CT molecular complexity index is 1690. The molecule has 0 radical (unpaired) electrons. The van der Waals surface area contributed by atoms with Crippen molar-refractivity contribution in [3.05, 3.63) is 78.5 Å². The molecule has 13 nitrogen and oxygen atoms in total. The highest BCUT2D eigenvalue weighted by molar-refractivity contribution is 7.89. The highest BCUT2D eigenvalue weighted by atomic mass is 32.2. The molecular formula is C27H32N6O7S2. The zero-order valence-electron chi connectivity index (χ0n) is 22.4. The molecule has 4 aromatic rings. The molecule has 1 unspecified atom stereocenters. The normalized spacial score (nSPS) is 16.2. The number of amides is 1. The van der Waals surface area contributed by atoms with E-state index in [1.807, 2.05) is 48.5 Å². The molecule has 1 aliphatic rings. The Morgan fingerprint density at radius 1 is 1.14 bits per heavy atom. The second kappa shape index (κ2) is 13.9. The quantitative estimate of drug-likeness (QED) is 0.0869. The van der Waals surface area contributed by atoms with E-state index in [2.05, 4.69) is 15.0 Å². The molecule has 2 heterocycles. The van der Waals surface area contributed by atoms with Gasteiger partial charge in [0.25, 0.3) is 11.4 Å². The molecule has 0 bridgehead atoms. The predicted octanol–water partition coefficient (Wildman–Crippen LogP) is 1.60. The van der Waals surface area contributed by atoms with Crippen LogP contribution in [0.2, 0.25) is 0 Å². The third-order valence-corrected chi connectivity index (χ3v) is 8.20. The van der Waals surface area contributed by atoms with Crippen molar-refractivity contribution in [1.82, 2.24) is 19.9 Å². The molecule has 0 saturated carbocycles. The maximum Gasteiger partial charge on any atom is 0.299 e. The minimum atomic E-state index is -4.02. The number of fused-ring (bicyclic) bond motifs is 2. The lowest BCUT2D eigenvalue weighted by Crippen LogP contribution is -2.54. The van der Waals surface area contributed by atoms with E-state index in [0.717, 1.165) is 27.2 Å². The predicted molar refractivity (Wildman–Crippen MR) is 160 cm³/mol. The van der Waals surface area contributed by atoms with Gasteiger partial charge >= 0.3 is 0 Å². The maximum atomic E-state index is 13.4. The van der Waals surface area contributed by atoms with Crippen molar-refractivity contribution in [3.63, 3.8) is 0 Å². The number of nitrogens with zero attached hydrogens (tertiary/aromatic N) is 1. The summed E-state index contributed by atoms with van der Waals surface area (Å²) in [6.07, 6.45) is 1.57. The first-order chi connectivity index (χ1) is 20.0. The first-order valence-electron chi connectivity index (χ1n) is 12.9. The Labute approximate surface area is 245 Å². The highest BCUT2D eigenvalue weighted by Crippen LogP contribution is 2.22. The first-order valence-corrected chi connectivity index (χ1v) is 15.4. The zero-order chi connectivity index (χ0) is 30.3. The van der Waals surface area contributed by atoms with Gasteiger partial charge in [-0.2, -0.15) is 8.93 Å². The fourth-order valence-electron chi connectivity index (χ4n) is 4.70. The lowest BCUT2D eigenvalue weighted by Gasteiger charge is -2.33. The largest absolute Gasteiger partial charge is 0.373 e. The molecule has 0 spiro atoms. The minimum absolute atomic E-state index is 0.0509. The van der Waals surface area contributed by atoms with Crippen LogP contribution in [0.4, 0.5) is 0 Å². The topological polar surface area (TPSA) is 211 Å². The van der Waals surface area contributed by atoms with Gasteiger partial charge in [-0.25, -0.2) is 8.42 Å². The SMILES string of the molecule is N=C(N)N1CCOC(CNC(=O)[C@@H](Cc2c[nH]c3ccccc23)NS(=O)(=O)c2ccc3ccccc3c2)C1.O=S(O)O. The van der Waals surface area contributed by atoms with E-state index >= 15 is 0 Å². The fourth-order valence-corrected chi connectivity index (χ4v) is 5.93. The molecule has 224 valence electrons. The van der Waals surface area contributed by atoms with Crippen LogP contribution in [-0.4, -0.2) is 81.9 Å². The van der Waals surface area contributed by atoms with Crippen LogP contribution in [0.25, 0.3) is 21.7 Å². The Hall–Kier alpha value is -3.86. The minimum Gasteiger partial charge on any atom is -0.373 e. The van der Waals surface area contributed by atoms with Gasteiger partial charge in [0.15, 0.2) is 5.96 Å². The number of nitrogens with two attached hydrogens (primary N) is 1. The number of sulfonamides is 1. The molecular weight excluding hydrogens is 584 g/mol. The third-order valence-electron chi connectivity index (χ3n) is 6.73. The van der Waals surface area contributed by atoms with Crippen molar-refractivity contribution in [2.75, 3.05) is 26.2 Å². The number of benzene rings is 3. The van der Waals surface area contributed by atoms with Gasteiger partial charge in [-0.1, -0.05) is 48.5 Å². The number of hydrogen-bond acceptors (Lipinski definition) is 6. The summed E-state index contributed by atoms with van der Waals surface area (Å²) in [5.41, 5.74) is 7.32. The third kappa shape index (κ3) is 8.12. The summed E-state index contributed by atoms with van der Waals surface area (Å²) in [7, 11) is -4.02. The Morgan fingerprint density at radius 2 is 1.83 bits per heavy atom. The van der Waals surface area contributed by atoms with Crippen LogP contribution >= 0.6 is 0 Å². The lowest BCUT2D eigenvalue weighted by molar-refractivity contribution is -0.123. The number of H-pyrrole nitrogens is 1.